The Morgan fingerprint density at radius 1 is 0.275 bits per heavy atom. The number of hydrogen-bond acceptors (Lipinski definition) is 1. The fourth-order valence-electron chi connectivity index (χ4n) is 8.58. The molecule has 0 nitrogen and oxygen atoms in total. The number of fused-ring (bicyclic) bond motifs is 10. The Bertz CT molecular complexity index is 3130. The molecule has 1 heteroatoms. The van der Waals surface area contributed by atoms with Crippen molar-refractivity contribution in [1.29, 1.82) is 0 Å². The van der Waals surface area contributed by atoms with Crippen LogP contribution >= 0.6 is 11.3 Å². The SMILES string of the molecule is c1cc(-c2c3ccccc3c(-c3cccc4ccccc34)c3ccccc23)cc(-c2cc3ccccc3c3c2sc2c4ccccc4ccc23)c1. The molecule has 0 atom stereocenters. The third kappa shape index (κ3) is 4.26. The van der Waals surface area contributed by atoms with E-state index >= 15 is 0 Å². The normalized spacial score (nSPS) is 11.9. The topological polar surface area (TPSA) is 0 Å². The van der Waals surface area contributed by atoms with Crippen molar-refractivity contribution in [3.63, 3.8) is 0 Å². The van der Waals surface area contributed by atoms with E-state index in [-0.39, 0.29) is 0 Å². The Morgan fingerprint density at radius 3 is 1.53 bits per heavy atom. The van der Waals surface area contributed by atoms with E-state index in [0.717, 1.165) is 0 Å². The molecule has 51 heavy (non-hydrogen) atoms. The van der Waals surface area contributed by atoms with Gasteiger partial charge >= 0.3 is 0 Å². The first-order valence-corrected chi connectivity index (χ1v) is 18.4. The molecule has 0 saturated heterocycles. The fraction of sp³-hybridized carbons (Fsp3) is 0. The van der Waals surface area contributed by atoms with Crippen molar-refractivity contribution < 1.29 is 0 Å². The van der Waals surface area contributed by atoms with Gasteiger partial charge < -0.3 is 0 Å². The van der Waals surface area contributed by atoms with E-state index in [9.17, 15) is 0 Å². The molecule has 0 bridgehead atoms. The average Bonchev–Trinajstić information content (AvgIpc) is 3.60. The van der Waals surface area contributed by atoms with Crippen molar-refractivity contribution >= 4 is 85.4 Å². The van der Waals surface area contributed by atoms with Gasteiger partial charge in [0.05, 0.1) is 0 Å². The molecule has 10 aromatic carbocycles. The van der Waals surface area contributed by atoms with Gasteiger partial charge in [-0.1, -0.05) is 170 Å². The second kappa shape index (κ2) is 11.1. The van der Waals surface area contributed by atoms with Gasteiger partial charge in [0.15, 0.2) is 0 Å². The summed E-state index contributed by atoms with van der Waals surface area (Å²) in [6, 6.07) is 67.4. The predicted octanol–water partition coefficient (Wildman–Crippen LogP) is 14.8. The molecule has 236 valence electrons. The van der Waals surface area contributed by atoms with Crippen LogP contribution in [0.5, 0.6) is 0 Å². The molecule has 0 aliphatic rings. The summed E-state index contributed by atoms with van der Waals surface area (Å²) in [6.45, 7) is 0. The predicted molar refractivity (Wildman–Crippen MR) is 223 cm³/mol. The highest BCUT2D eigenvalue weighted by Gasteiger charge is 2.20. The van der Waals surface area contributed by atoms with E-state index < -0.39 is 0 Å². The van der Waals surface area contributed by atoms with Crippen molar-refractivity contribution in [2.75, 3.05) is 0 Å². The van der Waals surface area contributed by atoms with E-state index in [1.807, 2.05) is 11.3 Å². The van der Waals surface area contributed by atoms with E-state index in [1.54, 1.807) is 0 Å². The lowest BCUT2D eigenvalue weighted by molar-refractivity contribution is 1.65. The van der Waals surface area contributed by atoms with Crippen LogP contribution in [0.2, 0.25) is 0 Å². The number of benzene rings is 10. The van der Waals surface area contributed by atoms with Crippen molar-refractivity contribution in [3.05, 3.63) is 182 Å². The van der Waals surface area contributed by atoms with Crippen molar-refractivity contribution in [3.8, 4) is 33.4 Å². The molecule has 0 unspecified atom stereocenters. The Kier molecular flexibility index (Phi) is 6.22. The third-order valence-electron chi connectivity index (χ3n) is 10.8. The minimum absolute atomic E-state index is 1.23. The lowest BCUT2D eigenvalue weighted by Crippen LogP contribution is -1.92. The minimum atomic E-state index is 1.23. The second-order valence-electron chi connectivity index (χ2n) is 13.6. The van der Waals surface area contributed by atoms with Crippen molar-refractivity contribution in [1.82, 2.24) is 0 Å². The highest BCUT2D eigenvalue weighted by molar-refractivity contribution is 7.27. The molecule has 1 heterocycles. The number of thiophene rings is 1. The Morgan fingerprint density at radius 2 is 0.804 bits per heavy atom. The highest BCUT2D eigenvalue weighted by Crippen LogP contribution is 2.48. The molecule has 0 saturated carbocycles. The molecule has 0 aliphatic heterocycles. The van der Waals surface area contributed by atoms with E-state index in [4.69, 9.17) is 0 Å². The minimum Gasteiger partial charge on any atom is -0.134 e. The summed E-state index contributed by atoms with van der Waals surface area (Å²) in [6.07, 6.45) is 0. The molecular weight excluding hydrogens is 633 g/mol. The van der Waals surface area contributed by atoms with Crippen LogP contribution in [0.25, 0.3) is 107 Å². The van der Waals surface area contributed by atoms with Crippen LogP contribution in [0.1, 0.15) is 0 Å². The summed E-state index contributed by atoms with van der Waals surface area (Å²) in [5.74, 6) is 0. The van der Waals surface area contributed by atoms with Crippen LogP contribution in [-0.4, -0.2) is 0 Å². The lowest BCUT2D eigenvalue weighted by Gasteiger charge is -2.19. The maximum Gasteiger partial charge on any atom is 0.0440 e. The van der Waals surface area contributed by atoms with E-state index in [0.29, 0.717) is 0 Å². The third-order valence-corrected chi connectivity index (χ3v) is 12.1. The molecule has 0 spiro atoms. The first kappa shape index (κ1) is 28.5. The van der Waals surface area contributed by atoms with Gasteiger partial charge in [-0.15, -0.1) is 11.3 Å². The van der Waals surface area contributed by atoms with Crippen molar-refractivity contribution in [2.45, 2.75) is 0 Å². The molecule has 11 aromatic rings. The Balaban J connectivity index is 1.21. The number of rotatable bonds is 3. The summed E-state index contributed by atoms with van der Waals surface area (Å²) in [4.78, 5) is 0. The van der Waals surface area contributed by atoms with Crippen molar-refractivity contribution in [2.24, 2.45) is 0 Å². The van der Waals surface area contributed by atoms with Gasteiger partial charge in [0, 0.05) is 25.7 Å². The van der Waals surface area contributed by atoms with Gasteiger partial charge in [-0.05, 0) is 93.8 Å². The van der Waals surface area contributed by atoms with Crippen LogP contribution in [0.3, 0.4) is 0 Å². The van der Waals surface area contributed by atoms with Gasteiger partial charge in [-0.3, -0.25) is 0 Å². The van der Waals surface area contributed by atoms with Gasteiger partial charge in [-0.2, -0.15) is 0 Å². The molecule has 11 rings (SSSR count). The van der Waals surface area contributed by atoms with Crippen LogP contribution < -0.4 is 0 Å². The van der Waals surface area contributed by atoms with Gasteiger partial charge in [-0.25, -0.2) is 0 Å². The summed E-state index contributed by atoms with van der Waals surface area (Å²) in [5, 5.41) is 15.5. The maximum absolute atomic E-state index is 2.43. The summed E-state index contributed by atoms with van der Waals surface area (Å²) >= 11 is 1.93. The molecule has 0 amide bonds. The zero-order chi connectivity index (χ0) is 33.5. The highest BCUT2D eigenvalue weighted by atomic mass is 32.1. The van der Waals surface area contributed by atoms with Crippen LogP contribution in [0.4, 0.5) is 0 Å². The fourth-order valence-corrected chi connectivity index (χ4v) is 9.97. The van der Waals surface area contributed by atoms with Crippen LogP contribution in [-0.2, 0) is 0 Å². The molecule has 0 fully saturated rings. The monoisotopic (exact) mass is 662 g/mol. The largest absolute Gasteiger partial charge is 0.134 e. The molecule has 1 aromatic heterocycles. The molecule has 0 N–H and O–H groups in total. The zero-order valence-corrected chi connectivity index (χ0v) is 28.5. The first-order chi connectivity index (χ1) is 25.3. The lowest BCUT2D eigenvalue weighted by atomic mass is 9.84. The van der Waals surface area contributed by atoms with Crippen LogP contribution in [0, 0.1) is 0 Å². The quantitative estimate of drug-likeness (QED) is 0.165. The van der Waals surface area contributed by atoms with E-state index in [1.165, 1.54) is 107 Å². The average molecular weight is 663 g/mol. The Hall–Kier alpha value is -6.28. The Labute approximate surface area is 299 Å². The first-order valence-electron chi connectivity index (χ1n) is 17.6. The summed E-state index contributed by atoms with van der Waals surface area (Å²) < 4.78 is 2.70. The van der Waals surface area contributed by atoms with Gasteiger partial charge in [0.1, 0.15) is 0 Å². The number of hydrogen-bond donors (Lipinski definition) is 0. The zero-order valence-electron chi connectivity index (χ0n) is 27.7. The van der Waals surface area contributed by atoms with E-state index in [2.05, 4.69) is 182 Å². The van der Waals surface area contributed by atoms with Gasteiger partial charge in [0.2, 0.25) is 0 Å². The standard InChI is InChI=1S/C50H30S/c1-4-19-36-31(13-1)16-12-26-39(36)47-42-24-9-7-22-40(42)46(41-23-8-10-25-43(41)47)35-18-11-17-33(29-35)45-30-34-15-3-5-20-37(34)48-44-28-27-32-14-2-6-21-38(32)49(44)51-50(45)48/h1-30H. The van der Waals surface area contributed by atoms with Gasteiger partial charge in [0.25, 0.3) is 0 Å². The molecule has 0 radical (unpaired) electrons. The molecular formula is C50H30S. The molecule has 0 aliphatic carbocycles. The summed E-state index contributed by atoms with van der Waals surface area (Å²) in [5.41, 5.74) is 7.62. The smallest absolute Gasteiger partial charge is 0.0440 e. The van der Waals surface area contributed by atoms with Crippen LogP contribution in [0.15, 0.2) is 182 Å². The maximum atomic E-state index is 2.43. The second-order valence-corrected chi connectivity index (χ2v) is 14.6. The summed E-state index contributed by atoms with van der Waals surface area (Å²) in [7, 11) is 0.